The molecule has 1 atom stereocenters. The Kier molecular flexibility index (Phi) is 2.48. The molecule has 0 spiro atoms. The molecule has 2 rings (SSSR count). The van der Waals surface area contributed by atoms with Crippen LogP contribution < -0.4 is 0 Å². The molecule has 0 saturated carbocycles. The summed E-state index contributed by atoms with van der Waals surface area (Å²) in [5.74, 6) is 0.158. The summed E-state index contributed by atoms with van der Waals surface area (Å²) >= 11 is 6.00. The molecule has 0 bridgehead atoms. The van der Waals surface area contributed by atoms with Crippen LogP contribution in [0.5, 0.6) is 0 Å². The van der Waals surface area contributed by atoms with E-state index in [0.717, 1.165) is 21.5 Å². The molecule has 0 radical (unpaired) electrons. The van der Waals surface area contributed by atoms with Crippen molar-refractivity contribution < 1.29 is 5.11 Å². The number of halogens is 1. The van der Waals surface area contributed by atoms with Crippen LogP contribution in [0.25, 0.3) is 10.9 Å². The number of aromatic nitrogens is 1. The number of aliphatic hydroxyl groups excluding tert-OH is 1. The number of hydrogen-bond acceptors (Lipinski definition) is 1. The quantitative estimate of drug-likeness (QED) is 0.784. The Morgan fingerprint density at radius 3 is 3.00 bits per heavy atom. The van der Waals surface area contributed by atoms with Gasteiger partial charge in [0.05, 0.1) is 5.02 Å². The van der Waals surface area contributed by atoms with Crippen LogP contribution in [0.4, 0.5) is 0 Å². The number of aromatic amines is 1. The fraction of sp³-hybridized carbons (Fsp3) is 0.273. The molecule has 0 aliphatic heterocycles. The highest BCUT2D eigenvalue weighted by Gasteiger charge is 2.07. The monoisotopic (exact) mass is 209 g/mol. The van der Waals surface area contributed by atoms with Crippen molar-refractivity contribution >= 4 is 22.5 Å². The molecular weight excluding hydrogens is 198 g/mol. The van der Waals surface area contributed by atoms with Gasteiger partial charge in [0.1, 0.15) is 0 Å². The third kappa shape index (κ3) is 1.51. The molecular formula is C11H12ClNO. The smallest absolute Gasteiger partial charge is 0.0659 e. The molecule has 0 aliphatic carbocycles. The minimum absolute atomic E-state index is 0.158. The number of benzene rings is 1. The molecule has 1 unspecified atom stereocenters. The molecule has 1 aromatic heterocycles. The Balaban J connectivity index is 2.54. The second-order valence-electron chi connectivity index (χ2n) is 3.53. The zero-order valence-electron chi connectivity index (χ0n) is 7.92. The van der Waals surface area contributed by atoms with Gasteiger partial charge in [-0.15, -0.1) is 0 Å². The van der Waals surface area contributed by atoms with Crippen molar-refractivity contribution in [1.82, 2.24) is 4.98 Å². The van der Waals surface area contributed by atoms with Crippen LogP contribution in [-0.4, -0.2) is 16.7 Å². The van der Waals surface area contributed by atoms with Crippen LogP contribution in [0.2, 0.25) is 5.02 Å². The van der Waals surface area contributed by atoms with Gasteiger partial charge in [-0.25, -0.2) is 0 Å². The van der Waals surface area contributed by atoms with E-state index in [0.29, 0.717) is 0 Å². The van der Waals surface area contributed by atoms with Crippen LogP contribution in [-0.2, 0) is 0 Å². The van der Waals surface area contributed by atoms with E-state index in [-0.39, 0.29) is 12.5 Å². The second-order valence-corrected chi connectivity index (χ2v) is 3.93. The van der Waals surface area contributed by atoms with E-state index >= 15 is 0 Å². The first-order chi connectivity index (χ1) is 6.72. The van der Waals surface area contributed by atoms with E-state index < -0.39 is 0 Å². The normalized spacial score (nSPS) is 13.4. The van der Waals surface area contributed by atoms with E-state index in [1.54, 1.807) is 6.20 Å². The molecule has 1 heterocycles. The van der Waals surface area contributed by atoms with Gasteiger partial charge in [-0.1, -0.05) is 24.6 Å². The number of hydrogen-bond donors (Lipinski definition) is 2. The zero-order chi connectivity index (χ0) is 10.1. The summed E-state index contributed by atoms with van der Waals surface area (Å²) in [6.45, 7) is 2.15. The van der Waals surface area contributed by atoms with Gasteiger partial charge in [0, 0.05) is 29.6 Å². The lowest BCUT2D eigenvalue weighted by Crippen LogP contribution is -1.97. The van der Waals surface area contributed by atoms with Gasteiger partial charge < -0.3 is 10.1 Å². The third-order valence-electron chi connectivity index (χ3n) is 2.50. The van der Waals surface area contributed by atoms with Crippen molar-refractivity contribution in [1.29, 1.82) is 0 Å². The Morgan fingerprint density at radius 1 is 1.50 bits per heavy atom. The highest BCUT2D eigenvalue weighted by molar-refractivity contribution is 6.35. The molecule has 0 fully saturated rings. The Hall–Kier alpha value is -0.990. The Bertz CT molecular complexity index is 449. The minimum atomic E-state index is 0.158. The maximum Gasteiger partial charge on any atom is 0.0659 e. The molecule has 2 aromatic rings. The summed E-state index contributed by atoms with van der Waals surface area (Å²) in [6, 6.07) is 6.02. The summed E-state index contributed by atoms with van der Waals surface area (Å²) in [4.78, 5) is 3.08. The lowest BCUT2D eigenvalue weighted by Gasteiger charge is -2.07. The van der Waals surface area contributed by atoms with Crippen LogP contribution in [0.1, 0.15) is 18.4 Å². The average Bonchev–Trinajstić information content (AvgIpc) is 2.59. The van der Waals surface area contributed by atoms with Gasteiger partial charge in [-0.05, 0) is 17.7 Å². The second kappa shape index (κ2) is 3.64. The topological polar surface area (TPSA) is 36.0 Å². The minimum Gasteiger partial charge on any atom is -0.396 e. The summed E-state index contributed by atoms with van der Waals surface area (Å²) in [5.41, 5.74) is 2.14. The van der Waals surface area contributed by atoms with Crippen molar-refractivity contribution in [3.8, 4) is 0 Å². The largest absolute Gasteiger partial charge is 0.396 e. The number of fused-ring (bicyclic) bond motifs is 1. The van der Waals surface area contributed by atoms with Crippen molar-refractivity contribution in [2.75, 3.05) is 6.61 Å². The average molecular weight is 210 g/mol. The Labute approximate surface area is 87.5 Å². The zero-order valence-corrected chi connectivity index (χ0v) is 8.67. The molecule has 14 heavy (non-hydrogen) atoms. The van der Waals surface area contributed by atoms with E-state index in [4.69, 9.17) is 16.7 Å². The maximum atomic E-state index is 9.04. The molecule has 2 N–H and O–H groups in total. The third-order valence-corrected chi connectivity index (χ3v) is 2.81. The fourth-order valence-electron chi connectivity index (χ4n) is 1.52. The molecule has 0 amide bonds. The fourth-order valence-corrected chi connectivity index (χ4v) is 1.73. The van der Waals surface area contributed by atoms with Gasteiger partial charge in [0.2, 0.25) is 0 Å². The van der Waals surface area contributed by atoms with E-state index in [9.17, 15) is 0 Å². The van der Waals surface area contributed by atoms with Gasteiger partial charge in [-0.2, -0.15) is 0 Å². The summed E-state index contributed by atoms with van der Waals surface area (Å²) in [5, 5.41) is 10.8. The van der Waals surface area contributed by atoms with Crippen molar-refractivity contribution in [2.24, 2.45) is 0 Å². The van der Waals surface area contributed by atoms with E-state index in [1.807, 2.05) is 25.1 Å². The summed E-state index contributed by atoms with van der Waals surface area (Å²) in [7, 11) is 0. The maximum absolute atomic E-state index is 9.04. The predicted molar refractivity (Wildman–Crippen MR) is 58.8 cm³/mol. The molecule has 0 aliphatic rings. The molecule has 0 saturated heterocycles. The highest BCUT2D eigenvalue weighted by Crippen LogP contribution is 2.26. The number of nitrogens with one attached hydrogen (secondary N) is 1. The van der Waals surface area contributed by atoms with Crippen LogP contribution in [0.3, 0.4) is 0 Å². The molecule has 74 valence electrons. The van der Waals surface area contributed by atoms with Gasteiger partial charge in [0.15, 0.2) is 0 Å². The SMILES string of the molecule is CC(CO)c1ccc2[nH]cc(Cl)c2c1. The van der Waals surface area contributed by atoms with Gasteiger partial charge >= 0.3 is 0 Å². The van der Waals surface area contributed by atoms with Gasteiger partial charge in [0.25, 0.3) is 0 Å². The molecule has 3 heteroatoms. The summed E-state index contributed by atoms with van der Waals surface area (Å²) < 4.78 is 0. The van der Waals surface area contributed by atoms with E-state index in [2.05, 4.69) is 4.98 Å². The number of H-pyrrole nitrogens is 1. The number of aliphatic hydroxyl groups is 1. The summed E-state index contributed by atoms with van der Waals surface area (Å²) in [6.07, 6.45) is 1.78. The Morgan fingerprint density at radius 2 is 2.29 bits per heavy atom. The first-order valence-corrected chi connectivity index (χ1v) is 4.97. The standard InChI is InChI=1S/C11H12ClNO/c1-7(6-14)8-2-3-11-9(4-8)10(12)5-13-11/h2-5,7,13-14H,6H2,1H3. The lowest BCUT2D eigenvalue weighted by molar-refractivity contribution is 0.273. The number of rotatable bonds is 2. The van der Waals surface area contributed by atoms with Crippen LogP contribution >= 0.6 is 11.6 Å². The predicted octanol–water partition coefficient (Wildman–Crippen LogP) is 2.92. The van der Waals surface area contributed by atoms with Gasteiger partial charge in [-0.3, -0.25) is 0 Å². The van der Waals surface area contributed by atoms with Crippen LogP contribution in [0, 0.1) is 0 Å². The van der Waals surface area contributed by atoms with Crippen molar-refractivity contribution in [3.63, 3.8) is 0 Å². The lowest BCUT2D eigenvalue weighted by atomic mass is 10.0. The van der Waals surface area contributed by atoms with Crippen LogP contribution in [0.15, 0.2) is 24.4 Å². The first kappa shape index (κ1) is 9.56. The van der Waals surface area contributed by atoms with Crippen molar-refractivity contribution in [3.05, 3.63) is 35.0 Å². The molecule has 1 aromatic carbocycles. The first-order valence-electron chi connectivity index (χ1n) is 4.59. The highest BCUT2D eigenvalue weighted by atomic mass is 35.5. The van der Waals surface area contributed by atoms with Crippen molar-refractivity contribution in [2.45, 2.75) is 12.8 Å². The van der Waals surface area contributed by atoms with E-state index in [1.165, 1.54) is 0 Å². The molecule has 2 nitrogen and oxygen atoms in total.